The molecule has 0 aliphatic carbocycles. The number of hydrogen-bond acceptors (Lipinski definition) is 5. The number of sulfonamides is 1. The number of piperidine rings is 1. The van der Waals surface area contributed by atoms with Gasteiger partial charge >= 0.3 is 0 Å². The quantitative estimate of drug-likeness (QED) is 0.531. The van der Waals surface area contributed by atoms with Crippen LogP contribution in [0.25, 0.3) is 0 Å². The summed E-state index contributed by atoms with van der Waals surface area (Å²) in [5.74, 6) is 0.582. The summed E-state index contributed by atoms with van der Waals surface area (Å²) in [6.07, 6.45) is 2.90. The molecule has 1 fully saturated rings. The van der Waals surface area contributed by atoms with Crippen LogP contribution in [0.4, 0.5) is 5.82 Å². The van der Waals surface area contributed by atoms with Crippen LogP contribution in [0.1, 0.15) is 18.4 Å². The predicted octanol–water partition coefficient (Wildman–Crippen LogP) is 3.72. The van der Waals surface area contributed by atoms with Crippen molar-refractivity contribution in [3.63, 3.8) is 0 Å². The molecule has 0 unspecified atom stereocenters. The first-order valence-corrected chi connectivity index (χ1v) is 12.3. The Bertz CT molecular complexity index is 1170. The largest absolute Gasteiger partial charge is 0.497 e. The molecule has 1 aliphatic rings. The molecule has 0 radical (unpaired) electrons. The van der Waals surface area contributed by atoms with E-state index in [0.717, 1.165) is 5.56 Å². The fourth-order valence-electron chi connectivity index (χ4n) is 4.03. The Labute approximate surface area is 194 Å². The van der Waals surface area contributed by atoms with Gasteiger partial charge in [0.2, 0.25) is 15.9 Å². The Morgan fingerprint density at radius 2 is 1.79 bits per heavy atom. The van der Waals surface area contributed by atoms with Gasteiger partial charge in [0, 0.05) is 19.3 Å². The van der Waals surface area contributed by atoms with Gasteiger partial charge in [0.25, 0.3) is 0 Å². The van der Waals surface area contributed by atoms with Crippen LogP contribution in [0, 0.1) is 5.92 Å². The molecule has 8 heteroatoms. The van der Waals surface area contributed by atoms with Crippen molar-refractivity contribution in [3.8, 4) is 5.75 Å². The topological polar surface area (TPSA) is 79.8 Å². The molecular formula is C25H27N3O4S. The lowest BCUT2D eigenvalue weighted by atomic mass is 9.97. The van der Waals surface area contributed by atoms with E-state index in [4.69, 9.17) is 4.74 Å². The molecule has 1 aromatic heterocycles. The molecule has 33 heavy (non-hydrogen) atoms. The minimum atomic E-state index is -3.71. The standard InChI is InChI=1S/C25H27N3O4S/c1-32-22-12-14-23(15-13-22)33(30,31)27-17-7-10-21(19-27)25(29)28(24-11-5-6-16-26-24)18-20-8-3-2-4-9-20/h2-6,8-9,11-16,21H,7,10,17-19H2,1H3/t21-/m0/s1. The van der Waals surface area contributed by atoms with Gasteiger partial charge in [0.1, 0.15) is 11.6 Å². The van der Waals surface area contributed by atoms with Crippen LogP contribution in [0.15, 0.2) is 83.9 Å². The lowest BCUT2D eigenvalue weighted by Crippen LogP contribution is -2.46. The van der Waals surface area contributed by atoms with E-state index in [1.165, 1.54) is 23.5 Å². The van der Waals surface area contributed by atoms with Crippen LogP contribution < -0.4 is 9.64 Å². The Hall–Kier alpha value is -3.23. The summed E-state index contributed by atoms with van der Waals surface area (Å²) >= 11 is 0. The number of anilines is 1. The summed E-state index contributed by atoms with van der Waals surface area (Å²) in [5.41, 5.74) is 0.982. The Morgan fingerprint density at radius 3 is 2.45 bits per heavy atom. The van der Waals surface area contributed by atoms with Crippen LogP contribution in [0.3, 0.4) is 0 Å². The second kappa shape index (κ2) is 10.1. The molecule has 7 nitrogen and oxygen atoms in total. The first kappa shape index (κ1) is 22.9. The van der Waals surface area contributed by atoms with E-state index in [1.807, 2.05) is 36.4 Å². The van der Waals surface area contributed by atoms with Crippen molar-refractivity contribution >= 4 is 21.7 Å². The molecule has 4 rings (SSSR count). The molecule has 0 bridgehead atoms. The number of ether oxygens (including phenoxy) is 1. The highest BCUT2D eigenvalue weighted by Gasteiger charge is 2.35. The van der Waals surface area contributed by atoms with Gasteiger partial charge in [-0.2, -0.15) is 4.31 Å². The summed E-state index contributed by atoms with van der Waals surface area (Å²) in [5, 5.41) is 0. The third-order valence-corrected chi connectivity index (χ3v) is 7.69. The molecule has 2 heterocycles. The van der Waals surface area contributed by atoms with E-state index in [0.29, 0.717) is 37.5 Å². The Morgan fingerprint density at radius 1 is 1.06 bits per heavy atom. The molecule has 1 amide bonds. The van der Waals surface area contributed by atoms with Crippen LogP contribution in [-0.4, -0.2) is 43.8 Å². The highest BCUT2D eigenvalue weighted by Crippen LogP contribution is 2.28. The number of pyridine rings is 1. The molecule has 2 aromatic carbocycles. The van der Waals surface area contributed by atoms with Crippen molar-refractivity contribution < 1.29 is 17.9 Å². The molecule has 3 aromatic rings. The van der Waals surface area contributed by atoms with Gasteiger partial charge < -0.3 is 4.74 Å². The number of rotatable bonds is 7. The van der Waals surface area contributed by atoms with Crippen molar-refractivity contribution in [3.05, 3.63) is 84.6 Å². The number of nitrogens with zero attached hydrogens (tertiary/aromatic N) is 3. The van der Waals surface area contributed by atoms with E-state index in [9.17, 15) is 13.2 Å². The highest BCUT2D eigenvalue weighted by atomic mass is 32.2. The lowest BCUT2D eigenvalue weighted by Gasteiger charge is -2.34. The maximum atomic E-state index is 13.6. The number of hydrogen-bond donors (Lipinski definition) is 0. The fraction of sp³-hybridized carbons (Fsp3) is 0.280. The van der Waals surface area contributed by atoms with Crippen LogP contribution in [-0.2, 0) is 21.4 Å². The maximum absolute atomic E-state index is 13.6. The fourth-order valence-corrected chi connectivity index (χ4v) is 5.55. The van der Waals surface area contributed by atoms with E-state index >= 15 is 0 Å². The predicted molar refractivity (Wildman–Crippen MR) is 126 cm³/mol. The number of carbonyl (C=O) groups excluding carboxylic acids is 1. The highest BCUT2D eigenvalue weighted by molar-refractivity contribution is 7.89. The van der Waals surface area contributed by atoms with Crippen molar-refractivity contribution in [1.82, 2.24) is 9.29 Å². The molecule has 1 atom stereocenters. The molecule has 1 saturated heterocycles. The van der Waals surface area contributed by atoms with Gasteiger partial charge in [-0.3, -0.25) is 9.69 Å². The second-order valence-corrected chi connectivity index (χ2v) is 9.91. The second-order valence-electron chi connectivity index (χ2n) is 7.98. The van der Waals surface area contributed by atoms with Gasteiger partial charge in [0.05, 0.1) is 24.5 Å². The summed E-state index contributed by atoms with van der Waals surface area (Å²) < 4.78 is 33.0. The minimum absolute atomic E-state index is 0.118. The zero-order chi connectivity index (χ0) is 23.3. The minimum Gasteiger partial charge on any atom is -0.497 e. The zero-order valence-electron chi connectivity index (χ0n) is 18.5. The normalized spacial score (nSPS) is 16.8. The van der Waals surface area contributed by atoms with Crippen molar-refractivity contribution in [2.24, 2.45) is 5.92 Å². The van der Waals surface area contributed by atoms with Gasteiger partial charge in [0.15, 0.2) is 0 Å². The van der Waals surface area contributed by atoms with Crippen molar-refractivity contribution in [2.75, 3.05) is 25.1 Å². The van der Waals surface area contributed by atoms with Gasteiger partial charge in [-0.15, -0.1) is 0 Å². The smallest absolute Gasteiger partial charge is 0.243 e. The number of benzene rings is 2. The molecule has 0 N–H and O–H groups in total. The van der Waals surface area contributed by atoms with Gasteiger partial charge in [-0.1, -0.05) is 36.4 Å². The first-order valence-electron chi connectivity index (χ1n) is 10.9. The Balaban J connectivity index is 1.56. The Kier molecular flexibility index (Phi) is 7.05. The van der Waals surface area contributed by atoms with Crippen molar-refractivity contribution in [1.29, 1.82) is 0 Å². The van der Waals surface area contributed by atoms with Crippen molar-refractivity contribution in [2.45, 2.75) is 24.3 Å². The summed E-state index contributed by atoms with van der Waals surface area (Å²) in [4.78, 5) is 19.9. The number of amides is 1. The number of aromatic nitrogens is 1. The first-order chi connectivity index (χ1) is 16.0. The van der Waals surface area contributed by atoms with Crippen LogP contribution in [0.2, 0.25) is 0 Å². The summed E-state index contributed by atoms with van der Waals surface area (Å²) in [6.45, 7) is 0.907. The molecule has 0 saturated carbocycles. The zero-order valence-corrected chi connectivity index (χ0v) is 19.3. The van der Waals surface area contributed by atoms with E-state index in [1.54, 1.807) is 35.4 Å². The average Bonchev–Trinajstić information content (AvgIpc) is 2.88. The number of methoxy groups -OCH3 is 1. The molecule has 1 aliphatic heterocycles. The van der Waals surface area contributed by atoms with Crippen LogP contribution >= 0.6 is 0 Å². The number of carbonyl (C=O) groups is 1. The van der Waals surface area contributed by atoms with Gasteiger partial charge in [-0.25, -0.2) is 13.4 Å². The maximum Gasteiger partial charge on any atom is 0.243 e. The third kappa shape index (κ3) is 5.23. The molecule has 0 spiro atoms. The SMILES string of the molecule is COc1ccc(S(=O)(=O)N2CCC[C@H](C(=O)N(Cc3ccccc3)c3ccccn3)C2)cc1. The van der Waals surface area contributed by atoms with E-state index in [2.05, 4.69) is 4.98 Å². The molecule has 172 valence electrons. The van der Waals surface area contributed by atoms with Gasteiger partial charge in [-0.05, 0) is 54.8 Å². The van der Waals surface area contributed by atoms with Crippen LogP contribution in [0.5, 0.6) is 5.75 Å². The van der Waals surface area contributed by atoms with E-state index < -0.39 is 15.9 Å². The monoisotopic (exact) mass is 465 g/mol. The summed E-state index contributed by atoms with van der Waals surface area (Å²) in [6, 6.07) is 21.5. The summed E-state index contributed by atoms with van der Waals surface area (Å²) in [7, 11) is -2.18. The van der Waals surface area contributed by atoms with E-state index in [-0.39, 0.29) is 17.3 Å². The lowest BCUT2D eigenvalue weighted by molar-refractivity contribution is -0.123. The molecular weight excluding hydrogens is 438 g/mol. The third-order valence-electron chi connectivity index (χ3n) is 5.81. The average molecular weight is 466 g/mol.